The zero-order chi connectivity index (χ0) is 14.5. The lowest BCUT2D eigenvalue weighted by Crippen LogP contribution is -2.27. The average molecular weight is 357 g/mol. The molecular weight excluding hydrogens is 340 g/mol. The Bertz CT molecular complexity index is 578. The third-order valence-electron chi connectivity index (χ3n) is 2.72. The summed E-state index contributed by atoms with van der Waals surface area (Å²) in [4.78, 5) is 15.1. The first-order valence-corrected chi connectivity index (χ1v) is 7.91. The molecule has 108 valence electrons. The lowest BCUT2D eigenvalue weighted by molar-refractivity contribution is 0.0947. The van der Waals surface area contributed by atoms with Crippen LogP contribution in [0.4, 0.5) is 0 Å². The first kappa shape index (κ1) is 15.2. The largest absolute Gasteiger partial charge is 0.351 e. The van der Waals surface area contributed by atoms with Gasteiger partial charge >= 0.3 is 0 Å². The highest BCUT2D eigenvalue weighted by atomic mass is 79.9. The normalized spacial score (nSPS) is 11.0. The molecule has 7 heteroatoms. The highest BCUT2D eigenvalue weighted by Crippen LogP contribution is 2.30. The Kier molecular flexibility index (Phi) is 5.33. The van der Waals surface area contributed by atoms with Crippen molar-refractivity contribution in [3.63, 3.8) is 0 Å². The zero-order valence-electron chi connectivity index (χ0n) is 11.4. The number of halogens is 1. The molecule has 0 atom stereocenters. The summed E-state index contributed by atoms with van der Waals surface area (Å²) in [6.07, 6.45) is 0.924. The van der Waals surface area contributed by atoms with Gasteiger partial charge in [0.1, 0.15) is 0 Å². The standard InChI is InChI=1S/C13H17BrN4OS/c1-18(2)7-3-6-15-13(19)10-8-9(16-17-10)11-4-5-12(14)20-11/h4-5,8H,3,6-7H2,1-2H3,(H,15,19)(H,16,17). The zero-order valence-corrected chi connectivity index (χ0v) is 13.8. The van der Waals surface area contributed by atoms with Gasteiger partial charge in [0.05, 0.1) is 14.4 Å². The van der Waals surface area contributed by atoms with Gasteiger partial charge in [-0.05, 0) is 61.2 Å². The number of thiophene rings is 1. The predicted molar refractivity (Wildman–Crippen MR) is 85.1 cm³/mol. The molecule has 1 amide bonds. The quantitative estimate of drug-likeness (QED) is 0.782. The Hall–Kier alpha value is -1.18. The average Bonchev–Trinajstić information content (AvgIpc) is 3.02. The summed E-state index contributed by atoms with van der Waals surface area (Å²) >= 11 is 5.02. The minimum absolute atomic E-state index is 0.137. The van der Waals surface area contributed by atoms with E-state index in [9.17, 15) is 4.79 Å². The molecule has 0 aromatic carbocycles. The van der Waals surface area contributed by atoms with Crippen LogP contribution < -0.4 is 5.32 Å². The van der Waals surface area contributed by atoms with Gasteiger partial charge < -0.3 is 10.2 Å². The highest BCUT2D eigenvalue weighted by Gasteiger charge is 2.11. The number of hydrogen-bond acceptors (Lipinski definition) is 4. The maximum absolute atomic E-state index is 11.9. The molecular formula is C13H17BrN4OS. The van der Waals surface area contributed by atoms with Gasteiger partial charge in [0.15, 0.2) is 5.69 Å². The SMILES string of the molecule is CN(C)CCCNC(=O)c1cc(-c2ccc(Br)s2)[nH]n1. The van der Waals surface area contributed by atoms with Crippen molar-refractivity contribution in [2.45, 2.75) is 6.42 Å². The van der Waals surface area contributed by atoms with E-state index in [1.807, 2.05) is 26.2 Å². The van der Waals surface area contributed by atoms with Crippen LogP contribution in [0.1, 0.15) is 16.9 Å². The number of carbonyl (C=O) groups excluding carboxylic acids is 1. The summed E-state index contributed by atoms with van der Waals surface area (Å²) in [5.74, 6) is -0.137. The predicted octanol–water partition coefficient (Wildman–Crippen LogP) is 2.58. The van der Waals surface area contributed by atoms with E-state index in [4.69, 9.17) is 0 Å². The van der Waals surface area contributed by atoms with Crippen molar-refractivity contribution in [3.8, 4) is 10.6 Å². The summed E-state index contributed by atoms with van der Waals surface area (Å²) in [7, 11) is 4.03. The minimum atomic E-state index is -0.137. The van der Waals surface area contributed by atoms with Gasteiger partial charge in [0.2, 0.25) is 0 Å². The molecule has 2 aromatic heterocycles. The fourth-order valence-electron chi connectivity index (χ4n) is 1.71. The third kappa shape index (κ3) is 4.16. The highest BCUT2D eigenvalue weighted by molar-refractivity contribution is 9.11. The molecule has 0 bridgehead atoms. The molecule has 2 heterocycles. The number of hydrogen-bond donors (Lipinski definition) is 2. The topological polar surface area (TPSA) is 61.0 Å². The van der Waals surface area contributed by atoms with Crippen molar-refractivity contribution >= 4 is 33.2 Å². The van der Waals surface area contributed by atoms with Crippen LogP contribution in [0.5, 0.6) is 0 Å². The van der Waals surface area contributed by atoms with Crippen LogP contribution in [0.3, 0.4) is 0 Å². The second-order valence-corrected chi connectivity index (χ2v) is 7.15. The minimum Gasteiger partial charge on any atom is -0.351 e. The van der Waals surface area contributed by atoms with Crippen molar-refractivity contribution in [2.75, 3.05) is 27.2 Å². The summed E-state index contributed by atoms with van der Waals surface area (Å²) in [5.41, 5.74) is 1.29. The van der Waals surface area contributed by atoms with Crippen LogP contribution in [-0.2, 0) is 0 Å². The second kappa shape index (κ2) is 7.01. The van der Waals surface area contributed by atoms with Gasteiger partial charge in [-0.3, -0.25) is 9.89 Å². The van der Waals surface area contributed by atoms with Crippen molar-refractivity contribution in [1.29, 1.82) is 0 Å². The van der Waals surface area contributed by atoms with Gasteiger partial charge in [0, 0.05) is 6.54 Å². The van der Waals surface area contributed by atoms with Crippen LogP contribution in [0.15, 0.2) is 22.0 Å². The number of H-pyrrole nitrogens is 1. The van der Waals surface area contributed by atoms with E-state index in [-0.39, 0.29) is 5.91 Å². The first-order valence-electron chi connectivity index (χ1n) is 6.30. The fourth-order valence-corrected chi connectivity index (χ4v) is 3.06. The molecule has 2 aromatic rings. The molecule has 20 heavy (non-hydrogen) atoms. The Balaban J connectivity index is 1.90. The van der Waals surface area contributed by atoms with Crippen LogP contribution in [0.2, 0.25) is 0 Å². The van der Waals surface area contributed by atoms with E-state index in [0.717, 1.165) is 27.3 Å². The van der Waals surface area contributed by atoms with Crippen molar-refractivity contribution in [3.05, 3.63) is 27.7 Å². The monoisotopic (exact) mass is 356 g/mol. The van der Waals surface area contributed by atoms with Gasteiger partial charge in [-0.25, -0.2) is 0 Å². The molecule has 0 radical (unpaired) electrons. The third-order valence-corrected chi connectivity index (χ3v) is 4.37. The first-order chi connectivity index (χ1) is 9.56. The van der Waals surface area contributed by atoms with E-state index in [1.54, 1.807) is 17.4 Å². The van der Waals surface area contributed by atoms with E-state index in [1.165, 1.54) is 0 Å². The summed E-state index contributed by atoms with van der Waals surface area (Å²) in [6.45, 7) is 1.61. The number of aromatic nitrogens is 2. The molecule has 0 aliphatic carbocycles. The van der Waals surface area contributed by atoms with Crippen LogP contribution >= 0.6 is 27.3 Å². The molecule has 0 spiro atoms. The van der Waals surface area contributed by atoms with Gasteiger partial charge in [-0.2, -0.15) is 5.10 Å². The summed E-state index contributed by atoms with van der Waals surface area (Å²) < 4.78 is 1.05. The molecule has 0 fully saturated rings. The molecule has 2 rings (SSSR count). The Labute approximate surface area is 130 Å². The van der Waals surface area contributed by atoms with Crippen molar-refractivity contribution < 1.29 is 4.79 Å². The van der Waals surface area contributed by atoms with E-state index in [0.29, 0.717) is 12.2 Å². The van der Waals surface area contributed by atoms with Gasteiger partial charge in [-0.1, -0.05) is 0 Å². The fraction of sp³-hybridized carbons (Fsp3) is 0.385. The molecule has 0 aliphatic heterocycles. The van der Waals surface area contributed by atoms with E-state index < -0.39 is 0 Å². The van der Waals surface area contributed by atoms with Gasteiger partial charge in [-0.15, -0.1) is 11.3 Å². The lowest BCUT2D eigenvalue weighted by atomic mass is 10.3. The molecule has 0 unspecified atom stereocenters. The molecule has 5 nitrogen and oxygen atoms in total. The molecule has 0 saturated carbocycles. The van der Waals surface area contributed by atoms with E-state index in [2.05, 4.69) is 36.3 Å². The Morgan fingerprint density at radius 3 is 2.95 bits per heavy atom. The second-order valence-electron chi connectivity index (χ2n) is 4.68. The summed E-state index contributed by atoms with van der Waals surface area (Å²) in [6, 6.07) is 5.74. The number of amides is 1. The Morgan fingerprint density at radius 2 is 2.30 bits per heavy atom. The van der Waals surface area contributed by atoms with Gasteiger partial charge in [0.25, 0.3) is 5.91 Å². The smallest absolute Gasteiger partial charge is 0.271 e. The number of carbonyl (C=O) groups is 1. The molecule has 2 N–H and O–H groups in total. The molecule has 0 aliphatic rings. The number of aromatic amines is 1. The summed E-state index contributed by atoms with van der Waals surface area (Å²) in [5, 5.41) is 9.83. The number of rotatable bonds is 6. The van der Waals surface area contributed by atoms with E-state index >= 15 is 0 Å². The number of nitrogens with one attached hydrogen (secondary N) is 2. The maximum atomic E-state index is 11.9. The van der Waals surface area contributed by atoms with Crippen LogP contribution in [-0.4, -0.2) is 48.2 Å². The van der Waals surface area contributed by atoms with Crippen LogP contribution in [0, 0.1) is 0 Å². The van der Waals surface area contributed by atoms with Crippen molar-refractivity contribution in [2.24, 2.45) is 0 Å². The van der Waals surface area contributed by atoms with Crippen LogP contribution in [0.25, 0.3) is 10.6 Å². The van der Waals surface area contributed by atoms with Crippen molar-refractivity contribution in [1.82, 2.24) is 20.4 Å². The lowest BCUT2D eigenvalue weighted by Gasteiger charge is -2.08. The molecule has 0 saturated heterocycles. The Morgan fingerprint density at radius 1 is 1.50 bits per heavy atom. The number of nitrogens with zero attached hydrogens (tertiary/aromatic N) is 2. The maximum Gasteiger partial charge on any atom is 0.271 e.